The summed E-state index contributed by atoms with van der Waals surface area (Å²) in [4.78, 5) is 14.5. The second-order valence-electron chi connectivity index (χ2n) is 5.39. The molecule has 2 heterocycles. The van der Waals surface area contributed by atoms with E-state index in [1.807, 2.05) is 13.8 Å². The Morgan fingerprint density at radius 2 is 2.12 bits per heavy atom. The number of aromatic nitrogens is 5. The van der Waals surface area contributed by atoms with E-state index in [0.29, 0.717) is 11.4 Å². The zero-order valence-electron chi connectivity index (χ0n) is 13.3. The molecule has 25 heavy (non-hydrogen) atoms. The summed E-state index contributed by atoms with van der Waals surface area (Å²) in [5.41, 5.74) is 0.229. The molecule has 0 atom stereocenters. The van der Waals surface area contributed by atoms with Crippen LogP contribution < -0.4 is 4.74 Å². The average Bonchev–Trinajstić information content (AvgIpc) is 3.09. The Hall–Kier alpha value is -3.43. The molecule has 0 spiro atoms. The number of nitrogens with one attached hydrogen (secondary N) is 1. The van der Waals surface area contributed by atoms with Crippen molar-refractivity contribution in [3.63, 3.8) is 0 Å². The molecule has 2 aromatic heterocycles. The van der Waals surface area contributed by atoms with Crippen LogP contribution in [0.3, 0.4) is 0 Å². The van der Waals surface area contributed by atoms with E-state index >= 15 is 0 Å². The van der Waals surface area contributed by atoms with Gasteiger partial charge in [0.15, 0.2) is 0 Å². The maximum absolute atomic E-state index is 14.6. The van der Waals surface area contributed by atoms with Crippen LogP contribution in [0.2, 0.25) is 0 Å². The van der Waals surface area contributed by atoms with Crippen molar-refractivity contribution in [1.82, 2.24) is 25.6 Å². The van der Waals surface area contributed by atoms with Crippen LogP contribution in [0.5, 0.6) is 5.88 Å². The molecule has 0 radical (unpaired) electrons. The molecule has 0 aliphatic rings. The minimum Gasteiger partial charge on any atom is -0.475 e. The summed E-state index contributed by atoms with van der Waals surface area (Å²) in [6.45, 7) is 3.72. The van der Waals surface area contributed by atoms with Crippen molar-refractivity contribution in [2.75, 3.05) is 0 Å². The molecule has 10 heteroatoms. The Balaban J connectivity index is 2.13. The number of hydrogen-bond donors (Lipinski definition) is 1. The molecule has 0 saturated carbocycles. The van der Waals surface area contributed by atoms with Crippen LogP contribution in [0.15, 0.2) is 30.5 Å². The largest absolute Gasteiger partial charge is 0.475 e. The smallest absolute Gasteiger partial charge is 0.273 e. The number of benzene rings is 1. The lowest BCUT2D eigenvalue weighted by Crippen LogP contribution is -2.06. The van der Waals surface area contributed by atoms with Gasteiger partial charge in [-0.05, 0) is 25.1 Å². The van der Waals surface area contributed by atoms with E-state index in [9.17, 15) is 14.5 Å². The Bertz CT molecular complexity index is 896. The molecule has 128 valence electrons. The number of H-pyrrole nitrogens is 1. The maximum Gasteiger partial charge on any atom is 0.273 e. The molecule has 1 aromatic carbocycles. The van der Waals surface area contributed by atoms with Crippen LogP contribution in [0.4, 0.5) is 10.1 Å². The summed E-state index contributed by atoms with van der Waals surface area (Å²) in [5, 5.41) is 24.3. The third-order valence-corrected chi connectivity index (χ3v) is 3.25. The van der Waals surface area contributed by atoms with Gasteiger partial charge in [0.25, 0.3) is 5.69 Å². The van der Waals surface area contributed by atoms with E-state index in [-0.39, 0.29) is 23.1 Å². The maximum atomic E-state index is 14.6. The molecule has 3 aromatic rings. The zero-order valence-corrected chi connectivity index (χ0v) is 13.3. The monoisotopic (exact) mass is 344 g/mol. The molecule has 0 aliphatic heterocycles. The van der Waals surface area contributed by atoms with E-state index in [1.165, 1.54) is 12.3 Å². The average molecular weight is 344 g/mol. The molecule has 3 rings (SSSR count). The van der Waals surface area contributed by atoms with Gasteiger partial charge in [-0.15, -0.1) is 10.2 Å². The van der Waals surface area contributed by atoms with Crippen LogP contribution in [0, 0.1) is 15.9 Å². The minimum absolute atomic E-state index is 0.0418. The fraction of sp³-hybridized carbons (Fsp3) is 0.200. The topological polar surface area (TPSA) is 120 Å². The standard InChI is InChI=1S/C15H13FN6O3/c1-8(2)25-13-4-3-9(7-17-13)14-11(15-18-20-21-19-15)5-10(22(23)24)6-12(14)16/h3-8H,1-2H3,(H,18,19,20,21). The van der Waals surface area contributed by atoms with Gasteiger partial charge in [-0.3, -0.25) is 10.1 Å². The number of halogens is 1. The lowest BCUT2D eigenvalue weighted by Gasteiger charge is -2.11. The van der Waals surface area contributed by atoms with E-state index in [0.717, 1.165) is 6.07 Å². The van der Waals surface area contributed by atoms with Crippen molar-refractivity contribution in [3.05, 3.63) is 46.4 Å². The van der Waals surface area contributed by atoms with Gasteiger partial charge < -0.3 is 4.74 Å². The van der Waals surface area contributed by atoms with Crippen molar-refractivity contribution >= 4 is 5.69 Å². The van der Waals surface area contributed by atoms with Gasteiger partial charge in [0, 0.05) is 35.0 Å². The SMILES string of the molecule is CC(C)Oc1ccc(-c2c(F)cc([N+](=O)[O-])cc2-c2nn[nH]n2)cn1. The third kappa shape index (κ3) is 3.42. The zero-order chi connectivity index (χ0) is 18.0. The molecule has 0 saturated heterocycles. The number of hydrogen-bond acceptors (Lipinski definition) is 7. The van der Waals surface area contributed by atoms with Gasteiger partial charge in [0.05, 0.1) is 17.1 Å². The Morgan fingerprint density at radius 1 is 1.32 bits per heavy atom. The summed E-state index contributed by atoms with van der Waals surface area (Å²) in [5.74, 6) is -0.351. The predicted octanol–water partition coefficient (Wildman–Crippen LogP) is 2.76. The molecule has 9 nitrogen and oxygen atoms in total. The van der Waals surface area contributed by atoms with Gasteiger partial charge in [-0.1, -0.05) is 0 Å². The fourth-order valence-electron chi connectivity index (χ4n) is 2.28. The first-order chi connectivity index (χ1) is 12.0. The van der Waals surface area contributed by atoms with Crippen LogP contribution in [0.1, 0.15) is 13.8 Å². The number of nitrogens with zero attached hydrogens (tertiary/aromatic N) is 5. The highest BCUT2D eigenvalue weighted by Crippen LogP contribution is 2.35. The third-order valence-electron chi connectivity index (χ3n) is 3.25. The van der Waals surface area contributed by atoms with Crippen molar-refractivity contribution in [2.24, 2.45) is 0 Å². The number of pyridine rings is 1. The van der Waals surface area contributed by atoms with E-state index in [1.54, 1.807) is 12.1 Å². The van der Waals surface area contributed by atoms with Gasteiger partial charge in [-0.2, -0.15) is 5.21 Å². The number of aromatic amines is 1. The van der Waals surface area contributed by atoms with E-state index < -0.39 is 16.4 Å². The second-order valence-corrected chi connectivity index (χ2v) is 5.39. The second kappa shape index (κ2) is 6.59. The first kappa shape index (κ1) is 16.4. The molecular weight excluding hydrogens is 331 g/mol. The van der Waals surface area contributed by atoms with Crippen LogP contribution in [-0.2, 0) is 0 Å². The number of nitro benzene ring substituents is 1. The highest BCUT2D eigenvalue weighted by molar-refractivity contribution is 5.82. The summed E-state index contributed by atoms with van der Waals surface area (Å²) in [6, 6.07) is 5.24. The number of non-ortho nitro benzene ring substituents is 1. The Morgan fingerprint density at radius 3 is 2.68 bits per heavy atom. The lowest BCUT2D eigenvalue weighted by atomic mass is 9.99. The van der Waals surface area contributed by atoms with E-state index in [2.05, 4.69) is 25.6 Å². The van der Waals surface area contributed by atoms with Gasteiger partial charge in [0.2, 0.25) is 11.7 Å². The Labute approximate surface area is 141 Å². The first-order valence-corrected chi connectivity index (χ1v) is 7.30. The molecule has 0 unspecified atom stereocenters. The van der Waals surface area contributed by atoms with Crippen molar-refractivity contribution in [1.29, 1.82) is 0 Å². The quantitative estimate of drug-likeness (QED) is 0.558. The number of rotatable bonds is 5. The molecule has 1 N–H and O–H groups in total. The summed E-state index contributed by atoms with van der Waals surface area (Å²) >= 11 is 0. The fourth-order valence-corrected chi connectivity index (χ4v) is 2.28. The van der Waals surface area contributed by atoms with Gasteiger partial charge in [0.1, 0.15) is 5.82 Å². The molecule has 0 aliphatic carbocycles. The normalized spacial score (nSPS) is 10.9. The van der Waals surface area contributed by atoms with Crippen LogP contribution in [-0.4, -0.2) is 36.6 Å². The summed E-state index contributed by atoms with van der Waals surface area (Å²) in [7, 11) is 0. The number of nitro groups is 1. The highest BCUT2D eigenvalue weighted by atomic mass is 19.1. The first-order valence-electron chi connectivity index (χ1n) is 7.30. The highest BCUT2D eigenvalue weighted by Gasteiger charge is 2.22. The molecular formula is C15H13FN6O3. The Kier molecular flexibility index (Phi) is 4.33. The molecule has 0 fully saturated rings. The summed E-state index contributed by atoms with van der Waals surface area (Å²) < 4.78 is 20.1. The number of tetrazole rings is 1. The predicted molar refractivity (Wildman–Crippen MR) is 85.2 cm³/mol. The number of ether oxygens (including phenoxy) is 1. The van der Waals surface area contributed by atoms with Crippen molar-refractivity contribution in [2.45, 2.75) is 20.0 Å². The van der Waals surface area contributed by atoms with Crippen LogP contribution >= 0.6 is 0 Å². The van der Waals surface area contributed by atoms with Gasteiger partial charge in [-0.25, -0.2) is 9.37 Å². The lowest BCUT2D eigenvalue weighted by molar-refractivity contribution is -0.385. The van der Waals surface area contributed by atoms with Crippen molar-refractivity contribution < 1.29 is 14.1 Å². The minimum atomic E-state index is -0.784. The molecule has 0 amide bonds. The molecule has 0 bridgehead atoms. The van der Waals surface area contributed by atoms with E-state index in [4.69, 9.17) is 4.74 Å². The summed E-state index contributed by atoms with van der Waals surface area (Å²) in [6.07, 6.45) is 1.37. The van der Waals surface area contributed by atoms with Crippen molar-refractivity contribution in [3.8, 4) is 28.4 Å². The van der Waals surface area contributed by atoms with Gasteiger partial charge >= 0.3 is 0 Å². The van der Waals surface area contributed by atoms with Crippen LogP contribution in [0.25, 0.3) is 22.5 Å².